The summed E-state index contributed by atoms with van der Waals surface area (Å²) in [7, 11) is 0. The molecule has 0 radical (unpaired) electrons. The average Bonchev–Trinajstić information content (AvgIpc) is 2.78. The van der Waals surface area contributed by atoms with E-state index >= 15 is 0 Å². The fourth-order valence-electron chi connectivity index (χ4n) is 1.36. The third-order valence-electron chi connectivity index (χ3n) is 2.46. The van der Waals surface area contributed by atoms with Crippen LogP contribution in [0.5, 0.6) is 0 Å². The third-order valence-corrected chi connectivity index (χ3v) is 5.20. The van der Waals surface area contributed by atoms with E-state index in [1.807, 2.05) is 30.9 Å². The lowest BCUT2D eigenvalue weighted by Gasteiger charge is -2.20. The van der Waals surface area contributed by atoms with Crippen LogP contribution in [0.3, 0.4) is 0 Å². The monoisotopic (exact) mass is 351 g/mol. The van der Waals surface area contributed by atoms with E-state index in [4.69, 9.17) is 5.11 Å². The number of amides is 1. The normalized spacial score (nSPS) is 12.4. The summed E-state index contributed by atoms with van der Waals surface area (Å²) < 4.78 is 1.09. The molecule has 18 heavy (non-hydrogen) atoms. The second-order valence-electron chi connectivity index (χ2n) is 3.92. The summed E-state index contributed by atoms with van der Waals surface area (Å²) in [4.78, 5) is 15.0. The zero-order valence-electron chi connectivity index (χ0n) is 10.6. The minimum absolute atomic E-state index is 0.113. The summed E-state index contributed by atoms with van der Waals surface area (Å²) in [6, 6.07) is 4.04. The van der Waals surface area contributed by atoms with Crippen LogP contribution in [-0.2, 0) is 11.3 Å². The molecule has 6 heteroatoms. The topological polar surface area (TPSA) is 40.5 Å². The van der Waals surface area contributed by atoms with Gasteiger partial charge in [-0.05, 0) is 35.0 Å². The first-order valence-corrected chi connectivity index (χ1v) is 8.47. The molecule has 0 aromatic carbocycles. The molecule has 102 valence electrons. The van der Waals surface area contributed by atoms with E-state index < -0.39 is 0 Å². The number of carbonyl (C=O) groups is 1. The van der Waals surface area contributed by atoms with Gasteiger partial charge in [-0.1, -0.05) is 6.92 Å². The number of aliphatic hydroxyl groups is 1. The molecule has 1 N–H and O–H groups in total. The molecule has 0 fully saturated rings. The molecule has 0 saturated carbocycles. The summed E-state index contributed by atoms with van der Waals surface area (Å²) >= 11 is 6.57. The van der Waals surface area contributed by atoms with E-state index in [-0.39, 0.29) is 17.8 Å². The Morgan fingerprint density at radius 1 is 1.61 bits per heavy atom. The number of rotatable bonds is 7. The van der Waals surface area contributed by atoms with Gasteiger partial charge in [0.2, 0.25) is 5.91 Å². The first-order valence-electron chi connectivity index (χ1n) is 5.81. The van der Waals surface area contributed by atoms with Crippen LogP contribution in [0, 0.1) is 0 Å². The van der Waals surface area contributed by atoms with Crippen LogP contribution in [0.1, 0.15) is 18.7 Å². The molecule has 3 nitrogen and oxygen atoms in total. The fraction of sp³-hybridized carbons (Fsp3) is 0.583. The highest BCUT2D eigenvalue weighted by molar-refractivity contribution is 9.11. The number of aliphatic hydroxyl groups excluding tert-OH is 1. The number of halogens is 1. The molecule has 1 unspecified atom stereocenters. The van der Waals surface area contributed by atoms with Crippen molar-refractivity contribution in [1.29, 1.82) is 0 Å². The van der Waals surface area contributed by atoms with Crippen LogP contribution in [0.25, 0.3) is 0 Å². The van der Waals surface area contributed by atoms with Gasteiger partial charge in [0.1, 0.15) is 0 Å². The number of nitrogens with zero attached hydrogens (tertiary/aromatic N) is 1. The number of carbonyl (C=O) groups excluding carboxylic acids is 1. The molecule has 1 atom stereocenters. The van der Waals surface area contributed by atoms with E-state index in [0.717, 1.165) is 3.79 Å². The first kappa shape index (κ1) is 16.0. The maximum absolute atomic E-state index is 12.0. The highest BCUT2D eigenvalue weighted by atomic mass is 79.9. The second-order valence-corrected chi connectivity index (χ2v) is 7.89. The maximum Gasteiger partial charge on any atom is 0.232 e. The standard InChI is InChI=1S/C12H18BrNO2S2/c1-3-14(6-10-4-5-11(13)18-10)12(16)8-17-9(2)7-15/h4-5,9,15H,3,6-8H2,1-2H3. The van der Waals surface area contributed by atoms with Crippen molar-refractivity contribution in [2.45, 2.75) is 25.6 Å². The predicted molar refractivity (Wildman–Crippen MR) is 82.1 cm³/mol. The Labute approximate surface area is 125 Å². The maximum atomic E-state index is 12.0. The highest BCUT2D eigenvalue weighted by Gasteiger charge is 2.14. The van der Waals surface area contributed by atoms with Crippen molar-refractivity contribution in [3.63, 3.8) is 0 Å². The first-order chi connectivity index (χ1) is 8.56. The van der Waals surface area contributed by atoms with Crippen molar-refractivity contribution in [2.75, 3.05) is 18.9 Å². The second kappa shape index (κ2) is 8.19. The minimum Gasteiger partial charge on any atom is -0.395 e. The Hall–Kier alpha value is -0.0400. The van der Waals surface area contributed by atoms with E-state index in [0.29, 0.717) is 18.8 Å². The molecule has 0 saturated heterocycles. The number of thioether (sulfide) groups is 1. The Kier molecular flexibility index (Phi) is 7.29. The van der Waals surface area contributed by atoms with Crippen LogP contribution in [0.2, 0.25) is 0 Å². The van der Waals surface area contributed by atoms with E-state index in [2.05, 4.69) is 15.9 Å². The van der Waals surface area contributed by atoms with Gasteiger partial charge in [-0.15, -0.1) is 23.1 Å². The van der Waals surface area contributed by atoms with E-state index in [1.54, 1.807) is 11.3 Å². The molecular weight excluding hydrogens is 334 g/mol. The quantitative estimate of drug-likeness (QED) is 0.820. The lowest BCUT2D eigenvalue weighted by Crippen LogP contribution is -2.32. The third kappa shape index (κ3) is 5.30. The fourth-order valence-corrected chi connectivity index (χ4v) is 3.57. The molecule has 0 spiro atoms. The molecule has 1 rings (SSSR count). The Morgan fingerprint density at radius 2 is 2.33 bits per heavy atom. The van der Waals surface area contributed by atoms with Crippen molar-refractivity contribution >= 4 is 44.9 Å². The van der Waals surface area contributed by atoms with Gasteiger partial charge in [-0.25, -0.2) is 0 Å². The van der Waals surface area contributed by atoms with Gasteiger partial charge in [-0.3, -0.25) is 4.79 Å². The number of hydrogen-bond donors (Lipinski definition) is 1. The van der Waals surface area contributed by atoms with Crippen molar-refractivity contribution in [1.82, 2.24) is 4.90 Å². The van der Waals surface area contributed by atoms with Crippen molar-refractivity contribution < 1.29 is 9.90 Å². The van der Waals surface area contributed by atoms with E-state index in [1.165, 1.54) is 16.6 Å². The van der Waals surface area contributed by atoms with Crippen LogP contribution in [0.4, 0.5) is 0 Å². The molecule has 1 aromatic heterocycles. The minimum atomic E-state index is 0.113. The van der Waals surface area contributed by atoms with Crippen LogP contribution in [0.15, 0.2) is 15.9 Å². The van der Waals surface area contributed by atoms with Gasteiger partial charge in [0.05, 0.1) is 22.7 Å². The molecule has 0 aliphatic rings. The lowest BCUT2D eigenvalue weighted by molar-refractivity contribution is -0.128. The molecule has 1 aromatic rings. The summed E-state index contributed by atoms with van der Waals surface area (Å²) in [5, 5.41) is 9.05. The van der Waals surface area contributed by atoms with Crippen molar-refractivity contribution in [2.24, 2.45) is 0 Å². The van der Waals surface area contributed by atoms with Gasteiger partial charge in [0.15, 0.2) is 0 Å². The number of hydrogen-bond acceptors (Lipinski definition) is 4. The zero-order chi connectivity index (χ0) is 13.5. The van der Waals surface area contributed by atoms with Crippen molar-refractivity contribution in [3.8, 4) is 0 Å². The lowest BCUT2D eigenvalue weighted by atomic mass is 10.4. The molecule has 1 amide bonds. The SMILES string of the molecule is CCN(Cc1ccc(Br)s1)C(=O)CSC(C)CO. The van der Waals surface area contributed by atoms with Crippen LogP contribution >= 0.6 is 39.0 Å². The van der Waals surface area contributed by atoms with Crippen LogP contribution in [-0.4, -0.2) is 40.1 Å². The van der Waals surface area contributed by atoms with Gasteiger partial charge in [-0.2, -0.15) is 0 Å². The smallest absolute Gasteiger partial charge is 0.232 e. The Morgan fingerprint density at radius 3 is 2.83 bits per heavy atom. The zero-order valence-corrected chi connectivity index (χ0v) is 13.8. The molecular formula is C12H18BrNO2S2. The Bertz CT molecular complexity index is 384. The molecule has 0 aliphatic heterocycles. The van der Waals surface area contributed by atoms with Gasteiger partial charge in [0, 0.05) is 16.7 Å². The van der Waals surface area contributed by atoms with E-state index in [9.17, 15) is 4.79 Å². The van der Waals surface area contributed by atoms with Crippen molar-refractivity contribution in [3.05, 3.63) is 20.8 Å². The van der Waals surface area contributed by atoms with Gasteiger partial charge in [0.25, 0.3) is 0 Å². The summed E-state index contributed by atoms with van der Waals surface area (Å²) in [6.07, 6.45) is 0. The average molecular weight is 352 g/mol. The van der Waals surface area contributed by atoms with Gasteiger partial charge < -0.3 is 10.0 Å². The predicted octanol–water partition coefficient (Wildman–Crippen LogP) is 2.97. The summed E-state index contributed by atoms with van der Waals surface area (Å²) in [5.74, 6) is 0.564. The molecule has 0 bridgehead atoms. The Balaban J connectivity index is 2.47. The van der Waals surface area contributed by atoms with Gasteiger partial charge >= 0.3 is 0 Å². The van der Waals surface area contributed by atoms with Crippen LogP contribution < -0.4 is 0 Å². The summed E-state index contributed by atoms with van der Waals surface area (Å²) in [5.41, 5.74) is 0. The summed E-state index contributed by atoms with van der Waals surface area (Å²) in [6.45, 7) is 5.40. The molecule has 0 aliphatic carbocycles. The highest BCUT2D eigenvalue weighted by Crippen LogP contribution is 2.23. The molecule has 1 heterocycles. The largest absolute Gasteiger partial charge is 0.395 e. The number of thiophene rings is 1.